The summed E-state index contributed by atoms with van der Waals surface area (Å²) < 4.78 is 7.40. The van der Waals surface area contributed by atoms with Gasteiger partial charge < -0.3 is 4.74 Å². The summed E-state index contributed by atoms with van der Waals surface area (Å²) >= 11 is 5.29. The van der Waals surface area contributed by atoms with Gasteiger partial charge in [0.2, 0.25) is 0 Å². The van der Waals surface area contributed by atoms with Crippen molar-refractivity contribution >= 4 is 18.0 Å². The Hall–Kier alpha value is -1.27. The lowest BCUT2D eigenvalue weighted by Crippen LogP contribution is -1.98. The minimum atomic E-state index is 0.427. The fraction of sp³-hybridized carbons (Fsp3) is 0.444. The Morgan fingerprint density at radius 1 is 1.40 bits per heavy atom. The minimum Gasteiger partial charge on any atom is -0.377 e. The Morgan fingerprint density at radius 3 is 2.80 bits per heavy atom. The molecule has 0 saturated carbocycles. The number of hydrogen-bond acceptors (Lipinski definition) is 4. The van der Waals surface area contributed by atoms with E-state index in [1.807, 2.05) is 13.8 Å². The topological polar surface area (TPSA) is 55.2 Å². The number of rotatable bonds is 2. The molecule has 0 unspecified atom stereocenters. The number of nitrogens with zero attached hydrogens (tertiary/aromatic N) is 3. The molecule has 0 spiro atoms. The highest BCUT2D eigenvalue weighted by molar-refractivity contribution is 7.71. The molecule has 2 heterocycles. The summed E-state index contributed by atoms with van der Waals surface area (Å²) in [7, 11) is 1.62. The highest BCUT2D eigenvalue weighted by Crippen LogP contribution is 2.08. The third kappa shape index (κ3) is 1.66. The van der Waals surface area contributed by atoms with Crippen molar-refractivity contribution in [3.63, 3.8) is 0 Å². The van der Waals surface area contributed by atoms with Crippen molar-refractivity contribution in [2.75, 3.05) is 7.11 Å². The third-order valence-electron chi connectivity index (χ3n) is 2.29. The first kappa shape index (κ1) is 10.3. The number of hydrogen-bond donors (Lipinski definition) is 1. The smallest absolute Gasteiger partial charge is 0.252 e. The summed E-state index contributed by atoms with van der Waals surface area (Å²) in [4.78, 5) is 8.61. The average Bonchev–Trinajstić information content (AvgIpc) is 2.58. The van der Waals surface area contributed by atoms with E-state index in [9.17, 15) is 0 Å². The number of H-pyrrole nitrogens is 1. The van der Waals surface area contributed by atoms with Gasteiger partial charge in [0.25, 0.3) is 5.78 Å². The van der Waals surface area contributed by atoms with E-state index in [2.05, 4.69) is 15.1 Å². The van der Waals surface area contributed by atoms with Crippen molar-refractivity contribution in [2.24, 2.45) is 0 Å². The first-order valence-electron chi connectivity index (χ1n) is 4.57. The molecule has 5 nitrogen and oxygen atoms in total. The van der Waals surface area contributed by atoms with Crippen LogP contribution in [0.15, 0.2) is 0 Å². The normalized spacial score (nSPS) is 11.1. The molecule has 2 aromatic heterocycles. The van der Waals surface area contributed by atoms with E-state index in [1.54, 1.807) is 11.6 Å². The number of aryl methyl sites for hydroxylation is 1. The van der Waals surface area contributed by atoms with E-state index >= 15 is 0 Å². The SMILES string of the molecule is COCc1nc2nc(C)c(C)c(=S)n2[nH]1. The molecule has 2 aromatic rings. The van der Waals surface area contributed by atoms with Crippen LogP contribution in [0.3, 0.4) is 0 Å². The first-order valence-corrected chi connectivity index (χ1v) is 4.98. The van der Waals surface area contributed by atoms with E-state index in [0.29, 0.717) is 17.0 Å². The van der Waals surface area contributed by atoms with Gasteiger partial charge in [-0.1, -0.05) is 12.2 Å². The highest BCUT2D eigenvalue weighted by Gasteiger charge is 2.07. The molecule has 0 saturated heterocycles. The van der Waals surface area contributed by atoms with Crippen LogP contribution in [0.25, 0.3) is 5.78 Å². The van der Waals surface area contributed by atoms with Crippen LogP contribution in [0, 0.1) is 18.5 Å². The van der Waals surface area contributed by atoms with Crippen molar-refractivity contribution in [1.82, 2.24) is 19.6 Å². The predicted octanol–water partition coefficient (Wildman–Crippen LogP) is 1.55. The average molecular weight is 224 g/mol. The summed E-state index contributed by atoms with van der Waals surface area (Å²) in [5, 5.41) is 3.05. The maximum Gasteiger partial charge on any atom is 0.252 e. The van der Waals surface area contributed by atoms with Crippen LogP contribution in [0.4, 0.5) is 0 Å². The quantitative estimate of drug-likeness (QED) is 0.786. The van der Waals surface area contributed by atoms with Gasteiger partial charge in [-0.25, -0.2) is 9.50 Å². The van der Waals surface area contributed by atoms with Crippen LogP contribution in [0.5, 0.6) is 0 Å². The lowest BCUT2D eigenvalue weighted by molar-refractivity contribution is 0.178. The fourth-order valence-electron chi connectivity index (χ4n) is 1.35. The molecule has 0 radical (unpaired) electrons. The Morgan fingerprint density at radius 2 is 2.13 bits per heavy atom. The zero-order valence-corrected chi connectivity index (χ0v) is 9.68. The van der Waals surface area contributed by atoms with Crippen LogP contribution in [-0.2, 0) is 11.3 Å². The molecular weight excluding hydrogens is 212 g/mol. The monoisotopic (exact) mass is 224 g/mol. The Labute approximate surface area is 92.1 Å². The first-order chi connectivity index (χ1) is 7.13. The second-order valence-electron chi connectivity index (χ2n) is 3.37. The van der Waals surface area contributed by atoms with Crippen molar-refractivity contribution in [3.05, 3.63) is 21.7 Å². The summed E-state index contributed by atoms with van der Waals surface area (Å²) in [5.41, 5.74) is 1.91. The second kappa shape index (κ2) is 3.71. The van der Waals surface area contributed by atoms with E-state index in [4.69, 9.17) is 17.0 Å². The summed E-state index contributed by atoms with van der Waals surface area (Å²) in [6.45, 7) is 4.31. The molecule has 80 valence electrons. The maximum atomic E-state index is 5.29. The van der Waals surface area contributed by atoms with Gasteiger partial charge in [-0.3, -0.25) is 5.10 Å². The number of ether oxygens (including phenoxy) is 1. The van der Waals surface area contributed by atoms with E-state index in [-0.39, 0.29) is 0 Å². The standard InChI is InChI=1S/C9H12N4OS/c1-5-6(2)10-9-11-7(4-14-3)12-13(9)8(5)15/h4H2,1-3H3,(H,10,11,12). The number of aromatic nitrogens is 4. The molecule has 0 fully saturated rings. The largest absolute Gasteiger partial charge is 0.377 e. The molecule has 1 N–H and O–H groups in total. The molecule has 0 bridgehead atoms. The summed E-state index contributed by atoms with van der Waals surface area (Å²) in [6, 6.07) is 0. The van der Waals surface area contributed by atoms with Crippen molar-refractivity contribution in [3.8, 4) is 0 Å². The van der Waals surface area contributed by atoms with E-state index in [1.165, 1.54) is 0 Å². The number of aromatic amines is 1. The van der Waals surface area contributed by atoms with Crippen molar-refractivity contribution in [1.29, 1.82) is 0 Å². The van der Waals surface area contributed by atoms with Gasteiger partial charge in [0, 0.05) is 18.4 Å². The van der Waals surface area contributed by atoms with Gasteiger partial charge >= 0.3 is 0 Å². The zero-order valence-electron chi connectivity index (χ0n) is 8.87. The van der Waals surface area contributed by atoms with E-state index in [0.717, 1.165) is 17.1 Å². The molecule has 0 aliphatic carbocycles. The molecule has 0 aliphatic rings. The number of nitrogens with one attached hydrogen (secondary N) is 1. The number of methoxy groups -OCH3 is 1. The third-order valence-corrected chi connectivity index (χ3v) is 2.78. The minimum absolute atomic E-state index is 0.427. The number of fused-ring (bicyclic) bond motifs is 1. The van der Waals surface area contributed by atoms with Crippen molar-refractivity contribution in [2.45, 2.75) is 20.5 Å². The molecule has 6 heteroatoms. The maximum absolute atomic E-state index is 5.29. The summed E-state index contributed by atoms with van der Waals surface area (Å²) in [6.07, 6.45) is 0. The Balaban J connectivity index is 2.71. The van der Waals surface area contributed by atoms with Crippen LogP contribution >= 0.6 is 12.2 Å². The van der Waals surface area contributed by atoms with Gasteiger partial charge in [0.1, 0.15) is 11.2 Å². The lowest BCUT2D eigenvalue weighted by atomic mass is 10.3. The van der Waals surface area contributed by atoms with Gasteiger partial charge in [-0.2, -0.15) is 4.98 Å². The van der Waals surface area contributed by atoms with E-state index < -0.39 is 0 Å². The fourth-order valence-corrected chi connectivity index (χ4v) is 1.62. The van der Waals surface area contributed by atoms with Crippen LogP contribution in [-0.4, -0.2) is 26.7 Å². The Kier molecular flexibility index (Phi) is 2.54. The van der Waals surface area contributed by atoms with Crippen molar-refractivity contribution < 1.29 is 4.74 Å². The van der Waals surface area contributed by atoms with Crippen LogP contribution in [0.2, 0.25) is 0 Å². The van der Waals surface area contributed by atoms with Gasteiger partial charge in [-0.15, -0.1) is 0 Å². The highest BCUT2D eigenvalue weighted by atomic mass is 32.1. The van der Waals surface area contributed by atoms with Gasteiger partial charge in [-0.05, 0) is 13.8 Å². The van der Waals surface area contributed by atoms with Gasteiger partial charge in [0.05, 0.1) is 0 Å². The second-order valence-corrected chi connectivity index (χ2v) is 3.75. The lowest BCUT2D eigenvalue weighted by Gasteiger charge is -1.99. The molecule has 15 heavy (non-hydrogen) atoms. The Bertz CT molecular complexity index is 557. The van der Waals surface area contributed by atoms with Crippen LogP contribution in [0.1, 0.15) is 17.1 Å². The summed E-state index contributed by atoms with van der Waals surface area (Å²) in [5.74, 6) is 1.32. The molecular formula is C9H12N4OS. The van der Waals surface area contributed by atoms with Gasteiger partial charge in [0.15, 0.2) is 5.82 Å². The zero-order chi connectivity index (χ0) is 11.0. The molecule has 0 atom stereocenters. The molecule has 0 aliphatic heterocycles. The molecule has 0 amide bonds. The predicted molar refractivity (Wildman–Crippen MR) is 58.4 cm³/mol. The molecule has 0 aromatic carbocycles. The van der Waals surface area contributed by atoms with Crippen LogP contribution < -0.4 is 0 Å². The molecule has 2 rings (SSSR count).